The van der Waals surface area contributed by atoms with E-state index in [0.29, 0.717) is 19.4 Å². The van der Waals surface area contributed by atoms with Gasteiger partial charge in [0.2, 0.25) is 0 Å². The van der Waals surface area contributed by atoms with Crippen LogP contribution in [-0.4, -0.2) is 23.8 Å². The third kappa shape index (κ3) is 5.30. The van der Waals surface area contributed by atoms with Crippen LogP contribution in [0.5, 0.6) is 0 Å². The Bertz CT molecular complexity index is 407. The minimum Gasteiger partial charge on any atom is -0.393 e. The molecule has 0 heterocycles. The van der Waals surface area contributed by atoms with Crippen LogP contribution in [0.15, 0.2) is 24.3 Å². The highest BCUT2D eigenvalue weighted by Crippen LogP contribution is 2.16. The Morgan fingerprint density at radius 1 is 1.37 bits per heavy atom. The van der Waals surface area contributed by atoms with Crippen molar-refractivity contribution in [3.63, 3.8) is 0 Å². The minimum absolute atomic E-state index is 0.0303. The predicted molar refractivity (Wildman–Crippen MR) is 77.0 cm³/mol. The predicted octanol–water partition coefficient (Wildman–Crippen LogP) is 2.52. The monoisotopic (exact) mass is 264 g/mol. The molecule has 4 nitrogen and oxygen atoms in total. The molecule has 4 heteroatoms. The number of hydrogen-bond donors (Lipinski definition) is 3. The fourth-order valence-electron chi connectivity index (χ4n) is 1.95. The van der Waals surface area contributed by atoms with Crippen molar-refractivity contribution in [2.75, 3.05) is 6.54 Å². The van der Waals surface area contributed by atoms with E-state index in [1.165, 1.54) is 0 Å². The van der Waals surface area contributed by atoms with Crippen LogP contribution in [0.25, 0.3) is 0 Å². The molecule has 1 rings (SSSR count). The van der Waals surface area contributed by atoms with Gasteiger partial charge in [-0.3, -0.25) is 0 Å². The van der Waals surface area contributed by atoms with E-state index < -0.39 is 0 Å². The summed E-state index contributed by atoms with van der Waals surface area (Å²) in [6.45, 7) is 6.40. The Labute approximate surface area is 115 Å². The molecule has 19 heavy (non-hydrogen) atoms. The standard InChI is InChI=1S/C15H24N2O2/c1-4-13(18)9-10-16-15(19)17-12(3)14-8-6-5-7-11(14)2/h5-8,12-13,18H,4,9-10H2,1-3H3,(H2,16,17,19). The van der Waals surface area contributed by atoms with Gasteiger partial charge in [-0.1, -0.05) is 31.2 Å². The maximum Gasteiger partial charge on any atom is 0.315 e. The van der Waals surface area contributed by atoms with Crippen molar-refractivity contribution in [1.82, 2.24) is 10.6 Å². The van der Waals surface area contributed by atoms with Crippen LogP contribution in [0.1, 0.15) is 43.9 Å². The lowest BCUT2D eigenvalue weighted by Crippen LogP contribution is -2.38. The molecule has 0 aliphatic carbocycles. The van der Waals surface area contributed by atoms with Gasteiger partial charge in [0.1, 0.15) is 0 Å². The number of urea groups is 1. The highest BCUT2D eigenvalue weighted by atomic mass is 16.3. The molecule has 0 radical (unpaired) electrons. The molecule has 0 fully saturated rings. The second-order valence-electron chi connectivity index (χ2n) is 4.83. The number of carbonyl (C=O) groups excluding carboxylic acids is 1. The van der Waals surface area contributed by atoms with Crippen molar-refractivity contribution in [1.29, 1.82) is 0 Å². The van der Waals surface area contributed by atoms with Gasteiger partial charge in [-0.15, -0.1) is 0 Å². The molecule has 0 bridgehead atoms. The summed E-state index contributed by atoms with van der Waals surface area (Å²) in [6, 6.07) is 7.77. The molecule has 0 saturated carbocycles. The van der Waals surface area contributed by atoms with E-state index >= 15 is 0 Å². The van der Waals surface area contributed by atoms with Crippen LogP contribution >= 0.6 is 0 Å². The van der Waals surface area contributed by atoms with Crippen molar-refractivity contribution in [2.24, 2.45) is 0 Å². The third-order valence-corrected chi connectivity index (χ3v) is 3.24. The molecule has 2 amide bonds. The first-order chi connectivity index (χ1) is 9.04. The van der Waals surface area contributed by atoms with E-state index in [0.717, 1.165) is 11.1 Å². The first-order valence-electron chi connectivity index (χ1n) is 6.82. The van der Waals surface area contributed by atoms with Crippen molar-refractivity contribution in [2.45, 2.75) is 45.8 Å². The Balaban J connectivity index is 2.38. The minimum atomic E-state index is -0.339. The van der Waals surface area contributed by atoms with E-state index in [9.17, 15) is 9.90 Å². The van der Waals surface area contributed by atoms with E-state index in [1.54, 1.807) is 0 Å². The summed E-state index contributed by atoms with van der Waals surface area (Å²) in [4.78, 5) is 11.7. The maximum atomic E-state index is 11.7. The molecule has 0 saturated heterocycles. The van der Waals surface area contributed by atoms with Crippen molar-refractivity contribution in [3.8, 4) is 0 Å². The van der Waals surface area contributed by atoms with Crippen molar-refractivity contribution in [3.05, 3.63) is 35.4 Å². The van der Waals surface area contributed by atoms with Crippen molar-refractivity contribution < 1.29 is 9.90 Å². The summed E-state index contributed by atoms with van der Waals surface area (Å²) in [5.74, 6) is 0. The Kier molecular flexibility index (Phi) is 6.36. The molecule has 0 aromatic heterocycles. The lowest BCUT2D eigenvalue weighted by molar-refractivity contribution is 0.160. The fourth-order valence-corrected chi connectivity index (χ4v) is 1.95. The average molecular weight is 264 g/mol. The second kappa shape index (κ2) is 7.79. The molecule has 2 unspecified atom stereocenters. The number of aliphatic hydroxyl groups excluding tert-OH is 1. The molecular weight excluding hydrogens is 240 g/mol. The zero-order chi connectivity index (χ0) is 14.3. The van der Waals surface area contributed by atoms with Gasteiger partial charge < -0.3 is 15.7 Å². The molecule has 106 valence electrons. The van der Waals surface area contributed by atoms with E-state index in [4.69, 9.17) is 0 Å². The number of hydrogen-bond acceptors (Lipinski definition) is 2. The first-order valence-corrected chi connectivity index (χ1v) is 6.82. The lowest BCUT2D eigenvalue weighted by atomic mass is 10.0. The zero-order valence-electron chi connectivity index (χ0n) is 11.9. The molecule has 3 N–H and O–H groups in total. The Hall–Kier alpha value is -1.55. The third-order valence-electron chi connectivity index (χ3n) is 3.24. The van der Waals surface area contributed by atoms with Crippen LogP contribution in [0.3, 0.4) is 0 Å². The normalized spacial score (nSPS) is 13.7. The number of aliphatic hydroxyl groups is 1. The van der Waals surface area contributed by atoms with Crippen LogP contribution < -0.4 is 10.6 Å². The number of benzene rings is 1. The second-order valence-corrected chi connectivity index (χ2v) is 4.83. The van der Waals surface area contributed by atoms with Gasteiger partial charge in [0, 0.05) is 6.54 Å². The topological polar surface area (TPSA) is 61.4 Å². The summed E-state index contributed by atoms with van der Waals surface area (Å²) in [5, 5.41) is 15.1. The van der Waals surface area contributed by atoms with E-state index in [1.807, 2.05) is 45.0 Å². The molecule has 1 aromatic rings. The lowest BCUT2D eigenvalue weighted by Gasteiger charge is -2.17. The molecule has 2 atom stereocenters. The van der Waals surface area contributed by atoms with Crippen LogP contribution in [-0.2, 0) is 0 Å². The van der Waals surface area contributed by atoms with Crippen LogP contribution in [0, 0.1) is 6.92 Å². The number of nitrogens with one attached hydrogen (secondary N) is 2. The van der Waals surface area contributed by atoms with Gasteiger partial charge in [-0.2, -0.15) is 0 Å². The SMILES string of the molecule is CCC(O)CCNC(=O)NC(C)c1ccccc1C. The molecule has 0 aliphatic heterocycles. The number of rotatable bonds is 6. The van der Waals surface area contributed by atoms with Gasteiger partial charge in [0.05, 0.1) is 12.1 Å². The van der Waals surface area contributed by atoms with Crippen molar-refractivity contribution >= 4 is 6.03 Å². The largest absolute Gasteiger partial charge is 0.393 e. The summed E-state index contributed by atoms with van der Waals surface area (Å²) in [6.07, 6.45) is 0.958. The van der Waals surface area contributed by atoms with Crippen LogP contribution in [0.2, 0.25) is 0 Å². The number of amides is 2. The highest BCUT2D eigenvalue weighted by molar-refractivity contribution is 5.74. The van der Waals surface area contributed by atoms with Gasteiger partial charge in [0.15, 0.2) is 0 Å². The summed E-state index contributed by atoms with van der Waals surface area (Å²) >= 11 is 0. The highest BCUT2D eigenvalue weighted by Gasteiger charge is 2.11. The van der Waals surface area contributed by atoms with Crippen LogP contribution in [0.4, 0.5) is 4.79 Å². The summed E-state index contributed by atoms with van der Waals surface area (Å²) in [5.41, 5.74) is 2.28. The number of carbonyl (C=O) groups is 1. The average Bonchev–Trinajstić information content (AvgIpc) is 2.38. The molecule has 1 aromatic carbocycles. The van der Waals surface area contributed by atoms with Gasteiger partial charge in [-0.05, 0) is 37.8 Å². The Morgan fingerprint density at radius 2 is 2.05 bits per heavy atom. The Morgan fingerprint density at radius 3 is 2.68 bits per heavy atom. The summed E-state index contributed by atoms with van der Waals surface area (Å²) in [7, 11) is 0. The van der Waals surface area contributed by atoms with E-state index in [2.05, 4.69) is 10.6 Å². The summed E-state index contributed by atoms with van der Waals surface area (Å²) < 4.78 is 0. The molecule has 0 spiro atoms. The quantitative estimate of drug-likeness (QED) is 0.739. The molecule has 0 aliphatic rings. The number of aryl methyl sites for hydroxylation is 1. The first kappa shape index (κ1) is 15.5. The van der Waals surface area contributed by atoms with E-state index in [-0.39, 0.29) is 18.2 Å². The van der Waals surface area contributed by atoms with Gasteiger partial charge >= 0.3 is 6.03 Å². The van der Waals surface area contributed by atoms with Gasteiger partial charge in [-0.25, -0.2) is 4.79 Å². The zero-order valence-corrected chi connectivity index (χ0v) is 11.9. The fraction of sp³-hybridized carbons (Fsp3) is 0.533. The maximum absolute atomic E-state index is 11.7. The molecular formula is C15H24N2O2. The van der Waals surface area contributed by atoms with Gasteiger partial charge in [0.25, 0.3) is 0 Å². The smallest absolute Gasteiger partial charge is 0.315 e.